The summed E-state index contributed by atoms with van der Waals surface area (Å²) >= 11 is 0. The third kappa shape index (κ3) is 2.76. The maximum Gasteiger partial charge on any atom is 0.231 e. The van der Waals surface area contributed by atoms with Gasteiger partial charge in [-0.25, -0.2) is 0 Å². The first-order valence-electron chi connectivity index (χ1n) is 6.26. The van der Waals surface area contributed by atoms with Gasteiger partial charge in [-0.3, -0.25) is 0 Å². The summed E-state index contributed by atoms with van der Waals surface area (Å²) in [5.41, 5.74) is 1.29. The standard InChI is InChI=1S/C14H22N2O2/c1-14(2,16(3)4)9-15-8-11-6-5-7-12-13(11)18-10-17-12/h5-7,15H,8-10H2,1-4H3. The number of rotatable bonds is 5. The molecule has 0 spiro atoms. The second-order valence-electron chi connectivity index (χ2n) is 5.46. The van der Waals surface area contributed by atoms with Gasteiger partial charge in [-0.1, -0.05) is 12.1 Å². The van der Waals surface area contributed by atoms with Gasteiger partial charge in [-0.15, -0.1) is 0 Å². The van der Waals surface area contributed by atoms with E-state index in [-0.39, 0.29) is 5.54 Å². The van der Waals surface area contributed by atoms with Crippen LogP contribution in [0.15, 0.2) is 18.2 Å². The van der Waals surface area contributed by atoms with Crippen LogP contribution in [0.25, 0.3) is 0 Å². The Morgan fingerprint density at radius 3 is 2.78 bits per heavy atom. The van der Waals surface area contributed by atoms with Gasteiger partial charge >= 0.3 is 0 Å². The molecule has 4 heteroatoms. The molecule has 0 radical (unpaired) electrons. The number of ether oxygens (including phenoxy) is 2. The van der Waals surface area contributed by atoms with Gasteiger partial charge in [0.2, 0.25) is 6.79 Å². The number of hydrogen-bond acceptors (Lipinski definition) is 4. The van der Waals surface area contributed by atoms with Crippen molar-refractivity contribution in [2.24, 2.45) is 0 Å². The molecule has 1 aromatic rings. The molecule has 100 valence electrons. The van der Waals surface area contributed by atoms with E-state index in [9.17, 15) is 0 Å². The first kappa shape index (κ1) is 13.2. The SMILES string of the molecule is CN(C)C(C)(C)CNCc1cccc2c1OCO2. The molecule has 0 aromatic heterocycles. The van der Waals surface area contributed by atoms with E-state index >= 15 is 0 Å². The van der Waals surface area contributed by atoms with E-state index < -0.39 is 0 Å². The number of benzene rings is 1. The molecule has 0 atom stereocenters. The molecule has 0 aliphatic carbocycles. The highest BCUT2D eigenvalue weighted by molar-refractivity contribution is 5.48. The molecule has 1 aliphatic heterocycles. The highest BCUT2D eigenvalue weighted by Crippen LogP contribution is 2.35. The third-order valence-corrected chi connectivity index (χ3v) is 3.56. The lowest BCUT2D eigenvalue weighted by Crippen LogP contribution is -2.46. The minimum absolute atomic E-state index is 0.134. The fourth-order valence-electron chi connectivity index (χ4n) is 1.79. The maximum atomic E-state index is 5.49. The van der Waals surface area contributed by atoms with Crippen molar-refractivity contribution in [3.05, 3.63) is 23.8 Å². The zero-order valence-electron chi connectivity index (χ0n) is 11.6. The van der Waals surface area contributed by atoms with Gasteiger partial charge in [0.05, 0.1) is 0 Å². The van der Waals surface area contributed by atoms with E-state index in [1.54, 1.807) is 0 Å². The Hall–Kier alpha value is -1.26. The monoisotopic (exact) mass is 250 g/mol. The molecule has 0 unspecified atom stereocenters. The minimum atomic E-state index is 0.134. The van der Waals surface area contributed by atoms with Crippen molar-refractivity contribution in [2.75, 3.05) is 27.4 Å². The molecule has 1 heterocycles. The van der Waals surface area contributed by atoms with Crippen LogP contribution in [0.1, 0.15) is 19.4 Å². The predicted molar refractivity (Wildman–Crippen MR) is 72.0 cm³/mol. The molecule has 4 nitrogen and oxygen atoms in total. The Balaban J connectivity index is 1.94. The number of likely N-dealkylation sites (N-methyl/N-ethyl adjacent to an activating group) is 1. The van der Waals surface area contributed by atoms with Crippen molar-refractivity contribution in [1.82, 2.24) is 10.2 Å². The van der Waals surface area contributed by atoms with Crippen molar-refractivity contribution >= 4 is 0 Å². The summed E-state index contributed by atoms with van der Waals surface area (Å²) in [4.78, 5) is 2.22. The Morgan fingerprint density at radius 2 is 2.06 bits per heavy atom. The molecular weight excluding hydrogens is 228 g/mol. The lowest BCUT2D eigenvalue weighted by atomic mass is 10.0. The summed E-state index contributed by atoms with van der Waals surface area (Å²) in [6.45, 7) is 6.48. The van der Waals surface area contributed by atoms with E-state index in [4.69, 9.17) is 9.47 Å². The predicted octanol–water partition coefficient (Wildman–Crippen LogP) is 1.85. The van der Waals surface area contributed by atoms with Crippen molar-refractivity contribution in [3.63, 3.8) is 0 Å². The summed E-state index contributed by atoms with van der Waals surface area (Å²) in [5.74, 6) is 1.73. The zero-order chi connectivity index (χ0) is 13.2. The molecule has 0 saturated heterocycles. The van der Waals surface area contributed by atoms with Crippen LogP contribution in [0.2, 0.25) is 0 Å². The van der Waals surface area contributed by atoms with Crippen LogP contribution in [0.5, 0.6) is 11.5 Å². The van der Waals surface area contributed by atoms with Gasteiger partial charge in [-0.2, -0.15) is 0 Å². The van der Waals surface area contributed by atoms with Crippen molar-refractivity contribution in [1.29, 1.82) is 0 Å². The quantitative estimate of drug-likeness (QED) is 0.864. The first-order chi connectivity index (χ1) is 8.50. The van der Waals surface area contributed by atoms with Crippen LogP contribution in [0, 0.1) is 0 Å². The highest BCUT2D eigenvalue weighted by atomic mass is 16.7. The average molecular weight is 250 g/mol. The Bertz CT molecular complexity index is 416. The molecule has 2 rings (SSSR count). The fourth-order valence-corrected chi connectivity index (χ4v) is 1.79. The Morgan fingerprint density at radius 1 is 1.28 bits per heavy atom. The molecule has 0 amide bonds. The van der Waals surface area contributed by atoms with E-state index in [1.807, 2.05) is 12.1 Å². The van der Waals surface area contributed by atoms with Gasteiger partial charge in [-0.05, 0) is 34.0 Å². The Kier molecular flexibility index (Phi) is 3.78. The second kappa shape index (κ2) is 5.16. The van der Waals surface area contributed by atoms with Crippen LogP contribution in [0.3, 0.4) is 0 Å². The number of para-hydroxylation sites is 1. The lowest BCUT2D eigenvalue weighted by molar-refractivity contribution is 0.172. The molecular formula is C14H22N2O2. The van der Waals surface area contributed by atoms with Gasteiger partial charge in [0, 0.05) is 24.2 Å². The van der Waals surface area contributed by atoms with Crippen molar-refractivity contribution in [3.8, 4) is 11.5 Å². The second-order valence-corrected chi connectivity index (χ2v) is 5.46. The van der Waals surface area contributed by atoms with Gasteiger partial charge in [0.25, 0.3) is 0 Å². The molecule has 0 fully saturated rings. The molecule has 1 aromatic carbocycles. The van der Waals surface area contributed by atoms with Gasteiger partial charge in [0.15, 0.2) is 11.5 Å². The molecule has 0 saturated carbocycles. The summed E-state index contributed by atoms with van der Waals surface area (Å²) in [6.07, 6.45) is 0. The van der Waals surface area contributed by atoms with Gasteiger partial charge in [0.1, 0.15) is 0 Å². The summed E-state index contributed by atoms with van der Waals surface area (Å²) in [6, 6.07) is 6.01. The van der Waals surface area contributed by atoms with Gasteiger partial charge < -0.3 is 19.7 Å². The largest absolute Gasteiger partial charge is 0.454 e. The van der Waals surface area contributed by atoms with Crippen LogP contribution in [-0.4, -0.2) is 37.9 Å². The van der Waals surface area contributed by atoms with Crippen LogP contribution in [0.4, 0.5) is 0 Å². The van der Waals surface area contributed by atoms with E-state index in [0.29, 0.717) is 6.79 Å². The van der Waals surface area contributed by atoms with Crippen LogP contribution < -0.4 is 14.8 Å². The molecule has 1 aliphatic rings. The van der Waals surface area contributed by atoms with Crippen LogP contribution >= 0.6 is 0 Å². The highest BCUT2D eigenvalue weighted by Gasteiger charge is 2.21. The van der Waals surface area contributed by atoms with Crippen LogP contribution in [-0.2, 0) is 6.54 Å². The molecule has 0 bridgehead atoms. The number of fused-ring (bicyclic) bond motifs is 1. The zero-order valence-corrected chi connectivity index (χ0v) is 11.6. The number of nitrogens with zero attached hydrogens (tertiary/aromatic N) is 1. The number of nitrogens with one attached hydrogen (secondary N) is 1. The molecule has 1 N–H and O–H groups in total. The summed E-state index contributed by atoms with van der Waals surface area (Å²) in [7, 11) is 4.19. The van der Waals surface area contributed by atoms with Crippen molar-refractivity contribution < 1.29 is 9.47 Å². The third-order valence-electron chi connectivity index (χ3n) is 3.56. The van der Waals surface area contributed by atoms with E-state index in [2.05, 4.69) is 44.2 Å². The van der Waals surface area contributed by atoms with Crippen molar-refractivity contribution in [2.45, 2.75) is 25.9 Å². The smallest absolute Gasteiger partial charge is 0.231 e. The maximum absolute atomic E-state index is 5.49. The van der Waals surface area contributed by atoms with E-state index in [1.165, 1.54) is 0 Å². The average Bonchev–Trinajstić information content (AvgIpc) is 2.77. The van der Waals surface area contributed by atoms with E-state index in [0.717, 1.165) is 30.2 Å². The minimum Gasteiger partial charge on any atom is -0.454 e. The topological polar surface area (TPSA) is 33.7 Å². The first-order valence-corrected chi connectivity index (χ1v) is 6.26. The number of hydrogen-bond donors (Lipinski definition) is 1. The summed E-state index contributed by atoms with van der Waals surface area (Å²) in [5, 5.41) is 3.48. The fraction of sp³-hybridized carbons (Fsp3) is 0.571. The normalized spacial score (nSPS) is 14.3. The lowest BCUT2D eigenvalue weighted by Gasteiger charge is -2.32. The summed E-state index contributed by atoms with van der Waals surface area (Å²) < 4.78 is 10.9. The molecule has 18 heavy (non-hydrogen) atoms. The Labute approximate surface area is 109 Å².